The number of aliphatic carboxylic acids is 1. The Balaban J connectivity index is 4.22. The van der Waals surface area contributed by atoms with Crippen molar-refractivity contribution in [2.45, 2.75) is 53.0 Å². The van der Waals surface area contributed by atoms with E-state index in [-0.39, 0.29) is 17.2 Å². The summed E-state index contributed by atoms with van der Waals surface area (Å²) in [5, 5.41) is 11.5. The molecule has 0 heterocycles. The molecule has 0 unspecified atom stereocenters. The minimum atomic E-state index is -0.987. The molecule has 4 N–H and O–H groups in total. The van der Waals surface area contributed by atoms with Gasteiger partial charge in [0.25, 0.3) is 0 Å². The summed E-state index contributed by atoms with van der Waals surface area (Å²) in [5.74, 6) is -1.32. The average Bonchev–Trinajstić information content (AvgIpc) is 2.22. The number of amides is 1. The fourth-order valence-electron chi connectivity index (χ4n) is 1.73. The summed E-state index contributed by atoms with van der Waals surface area (Å²) in [6.45, 7) is 8.27. The Morgan fingerprint density at radius 3 is 2.22 bits per heavy atom. The maximum Gasteiger partial charge on any atom is 0.326 e. The normalized spacial score (nSPS) is 13.4. The molecule has 1 atom stereocenters. The highest BCUT2D eigenvalue weighted by Gasteiger charge is 2.24. The lowest BCUT2D eigenvalue weighted by Gasteiger charge is -2.24. The maximum absolute atomic E-state index is 11.7. The Bertz CT molecular complexity index is 288. The average molecular weight is 258 g/mol. The van der Waals surface area contributed by atoms with Gasteiger partial charge in [0.05, 0.1) is 0 Å². The molecule has 1 amide bonds. The first-order valence-corrected chi connectivity index (χ1v) is 6.42. The van der Waals surface area contributed by atoms with E-state index in [9.17, 15) is 9.59 Å². The molecular weight excluding hydrogens is 232 g/mol. The van der Waals surface area contributed by atoms with Crippen LogP contribution in [-0.2, 0) is 9.59 Å². The van der Waals surface area contributed by atoms with Crippen molar-refractivity contribution < 1.29 is 14.7 Å². The zero-order valence-electron chi connectivity index (χ0n) is 11.8. The lowest BCUT2D eigenvalue weighted by atomic mass is 9.84. The minimum absolute atomic E-state index is 0.0165. The third kappa shape index (κ3) is 6.59. The van der Waals surface area contributed by atoms with Gasteiger partial charge in [0.2, 0.25) is 5.91 Å². The fourth-order valence-corrected chi connectivity index (χ4v) is 1.73. The first-order chi connectivity index (χ1) is 8.19. The molecule has 0 bridgehead atoms. The Morgan fingerprint density at radius 2 is 1.83 bits per heavy atom. The van der Waals surface area contributed by atoms with Crippen molar-refractivity contribution in [3.63, 3.8) is 0 Å². The Morgan fingerprint density at radius 1 is 1.28 bits per heavy atom. The van der Waals surface area contributed by atoms with Crippen LogP contribution in [0.1, 0.15) is 47.0 Å². The standard InChI is InChI=1S/C13H26N2O3/c1-9(2)11(12(17)18)15-10(16)5-6-13(3,4)7-8-14/h9,11H,5-8,14H2,1-4H3,(H,15,16)(H,17,18)/t11-/m1/s1. The van der Waals surface area contributed by atoms with E-state index >= 15 is 0 Å². The molecule has 0 rings (SSSR count). The minimum Gasteiger partial charge on any atom is -0.480 e. The molecule has 0 aromatic heterocycles. The molecule has 0 aliphatic rings. The second kappa shape index (κ2) is 7.36. The van der Waals surface area contributed by atoms with Crippen LogP contribution in [0.3, 0.4) is 0 Å². The largest absolute Gasteiger partial charge is 0.480 e. The summed E-state index contributed by atoms with van der Waals surface area (Å²) in [5.41, 5.74) is 5.52. The molecule has 0 fully saturated rings. The van der Waals surface area contributed by atoms with Gasteiger partial charge in [-0.3, -0.25) is 4.79 Å². The molecule has 0 aromatic carbocycles. The van der Waals surface area contributed by atoms with E-state index < -0.39 is 12.0 Å². The molecule has 0 aliphatic carbocycles. The van der Waals surface area contributed by atoms with E-state index in [0.717, 1.165) is 6.42 Å². The third-order valence-electron chi connectivity index (χ3n) is 3.10. The van der Waals surface area contributed by atoms with E-state index in [1.807, 2.05) is 0 Å². The van der Waals surface area contributed by atoms with Crippen LogP contribution < -0.4 is 11.1 Å². The zero-order chi connectivity index (χ0) is 14.3. The van der Waals surface area contributed by atoms with Crippen molar-refractivity contribution in [2.24, 2.45) is 17.1 Å². The SMILES string of the molecule is CC(C)[C@@H](NC(=O)CCC(C)(C)CCN)C(=O)O. The first kappa shape index (κ1) is 16.9. The summed E-state index contributed by atoms with van der Waals surface area (Å²) in [6, 6.07) is -0.810. The number of hydrogen-bond acceptors (Lipinski definition) is 3. The number of carbonyl (C=O) groups is 2. The van der Waals surface area contributed by atoms with E-state index in [4.69, 9.17) is 10.8 Å². The third-order valence-corrected chi connectivity index (χ3v) is 3.10. The molecule has 0 aromatic rings. The molecule has 106 valence electrons. The summed E-state index contributed by atoms with van der Waals surface area (Å²) in [7, 11) is 0. The van der Waals surface area contributed by atoms with Crippen molar-refractivity contribution in [2.75, 3.05) is 6.54 Å². The predicted molar refractivity (Wildman–Crippen MR) is 71.1 cm³/mol. The Kier molecular flexibility index (Phi) is 6.91. The number of carboxylic acid groups (broad SMARTS) is 1. The van der Waals surface area contributed by atoms with Crippen LogP contribution in [0.2, 0.25) is 0 Å². The van der Waals surface area contributed by atoms with Crippen LogP contribution in [0.4, 0.5) is 0 Å². The van der Waals surface area contributed by atoms with Crippen LogP contribution in [0.5, 0.6) is 0 Å². The predicted octanol–water partition coefficient (Wildman–Crippen LogP) is 1.37. The molecular formula is C13H26N2O3. The molecule has 5 heteroatoms. The van der Waals surface area contributed by atoms with Crippen LogP contribution in [0, 0.1) is 11.3 Å². The van der Waals surface area contributed by atoms with Crippen LogP contribution in [0.15, 0.2) is 0 Å². The number of carbonyl (C=O) groups excluding carboxylic acids is 1. The quantitative estimate of drug-likeness (QED) is 0.613. The molecule has 18 heavy (non-hydrogen) atoms. The molecule has 0 saturated heterocycles. The van der Waals surface area contributed by atoms with Gasteiger partial charge in [0.1, 0.15) is 6.04 Å². The number of rotatable bonds is 8. The summed E-state index contributed by atoms with van der Waals surface area (Å²) in [6.07, 6.45) is 1.90. The molecule has 0 radical (unpaired) electrons. The first-order valence-electron chi connectivity index (χ1n) is 6.42. The van der Waals surface area contributed by atoms with Gasteiger partial charge >= 0.3 is 5.97 Å². The maximum atomic E-state index is 11.7. The zero-order valence-corrected chi connectivity index (χ0v) is 11.8. The van der Waals surface area contributed by atoms with E-state index in [1.54, 1.807) is 13.8 Å². The van der Waals surface area contributed by atoms with E-state index in [0.29, 0.717) is 19.4 Å². The topological polar surface area (TPSA) is 92.4 Å². The van der Waals surface area contributed by atoms with Gasteiger partial charge < -0.3 is 16.2 Å². The lowest BCUT2D eigenvalue weighted by molar-refractivity contribution is -0.143. The Hall–Kier alpha value is -1.10. The van der Waals surface area contributed by atoms with Gasteiger partial charge in [-0.2, -0.15) is 0 Å². The smallest absolute Gasteiger partial charge is 0.326 e. The van der Waals surface area contributed by atoms with E-state index in [2.05, 4.69) is 19.2 Å². The van der Waals surface area contributed by atoms with Crippen LogP contribution in [0.25, 0.3) is 0 Å². The van der Waals surface area contributed by atoms with Crippen LogP contribution >= 0.6 is 0 Å². The van der Waals surface area contributed by atoms with E-state index in [1.165, 1.54) is 0 Å². The summed E-state index contributed by atoms with van der Waals surface area (Å²) < 4.78 is 0. The summed E-state index contributed by atoms with van der Waals surface area (Å²) >= 11 is 0. The van der Waals surface area contributed by atoms with Crippen molar-refractivity contribution >= 4 is 11.9 Å². The van der Waals surface area contributed by atoms with Crippen molar-refractivity contribution in [3.8, 4) is 0 Å². The number of nitrogens with one attached hydrogen (secondary N) is 1. The summed E-state index contributed by atoms with van der Waals surface area (Å²) in [4.78, 5) is 22.7. The van der Waals surface area contributed by atoms with Gasteiger partial charge in [-0.25, -0.2) is 4.79 Å². The second-order valence-electron chi connectivity index (χ2n) is 5.83. The van der Waals surface area contributed by atoms with Crippen molar-refractivity contribution in [3.05, 3.63) is 0 Å². The van der Waals surface area contributed by atoms with Crippen molar-refractivity contribution in [1.29, 1.82) is 0 Å². The van der Waals surface area contributed by atoms with Gasteiger partial charge in [-0.15, -0.1) is 0 Å². The number of hydrogen-bond donors (Lipinski definition) is 3. The monoisotopic (exact) mass is 258 g/mol. The highest BCUT2D eigenvalue weighted by atomic mass is 16.4. The van der Waals surface area contributed by atoms with Gasteiger partial charge in [-0.05, 0) is 30.7 Å². The fraction of sp³-hybridized carbons (Fsp3) is 0.846. The van der Waals surface area contributed by atoms with Crippen molar-refractivity contribution in [1.82, 2.24) is 5.32 Å². The van der Waals surface area contributed by atoms with Gasteiger partial charge in [-0.1, -0.05) is 27.7 Å². The number of nitrogens with two attached hydrogens (primary N) is 1. The lowest BCUT2D eigenvalue weighted by Crippen LogP contribution is -2.44. The second-order valence-corrected chi connectivity index (χ2v) is 5.83. The van der Waals surface area contributed by atoms with Crippen LogP contribution in [-0.4, -0.2) is 29.6 Å². The van der Waals surface area contributed by atoms with Gasteiger partial charge in [0, 0.05) is 6.42 Å². The van der Waals surface area contributed by atoms with Gasteiger partial charge in [0.15, 0.2) is 0 Å². The molecule has 5 nitrogen and oxygen atoms in total. The highest BCUT2D eigenvalue weighted by Crippen LogP contribution is 2.25. The Labute approximate surface area is 109 Å². The number of carboxylic acids is 1. The molecule has 0 saturated carbocycles. The molecule has 0 aliphatic heterocycles. The molecule has 0 spiro atoms. The highest BCUT2D eigenvalue weighted by molar-refractivity contribution is 5.83.